The molecule has 9 aromatic carbocycles. The number of para-hydroxylation sites is 7. The van der Waals surface area contributed by atoms with Gasteiger partial charge in [-0.3, -0.25) is 0 Å². The molecule has 0 fully saturated rings. The van der Waals surface area contributed by atoms with Gasteiger partial charge in [0.25, 0.3) is 6.71 Å². The van der Waals surface area contributed by atoms with Gasteiger partial charge in [0.05, 0.1) is 56.8 Å². The Bertz CT molecular complexity index is 4070. The third-order valence-electron chi connectivity index (χ3n) is 13.6. The van der Waals surface area contributed by atoms with Crippen molar-refractivity contribution in [3.05, 3.63) is 205 Å². The molecule has 0 saturated carbocycles. The molecule has 7 heteroatoms. The van der Waals surface area contributed by atoms with Crippen molar-refractivity contribution in [3.8, 4) is 23.1 Å². The van der Waals surface area contributed by atoms with E-state index in [1.807, 2.05) is 6.07 Å². The van der Waals surface area contributed by atoms with Crippen LogP contribution in [0.1, 0.15) is 5.56 Å². The fraction of sp³-hybridized carbons (Fsp3) is 0. The fourth-order valence-electron chi connectivity index (χ4n) is 11.3. The van der Waals surface area contributed by atoms with Crippen LogP contribution in [0.4, 0.5) is 22.7 Å². The largest absolute Gasteiger partial charge is 0.320 e. The summed E-state index contributed by atoms with van der Waals surface area (Å²) in [5.74, 6) is 0. The third kappa shape index (κ3) is 4.25. The van der Waals surface area contributed by atoms with Crippen molar-refractivity contribution in [1.82, 2.24) is 13.7 Å². The Labute approximate surface area is 361 Å². The molecule has 0 spiro atoms. The second-order valence-electron chi connectivity index (χ2n) is 16.6. The average Bonchev–Trinajstić information content (AvgIpc) is 3.97. The summed E-state index contributed by atoms with van der Waals surface area (Å²) in [6.07, 6.45) is 0. The summed E-state index contributed by atoms with van der Waals surface area (Å²) in [6, 6.07) is 69.1. The van der Waals surface area contributed by atoms with Crippen LogP contribution in [-0.2, 0) is 0 Å². The highest BCUT2D eigenvalue weighted by Gasteiger charge is 2.45. The summed E-state index contributed by atoms with van der Waals surface area (Å²) < 4.78 is 6.91. The van der Waals surface area contributed by atoms with E-state index in [1.165, 1.54) is 5.46 Å². The number of rotatable bonds is 3. The topological polar surface area (TPSA) is 46.2 Å². The molecule has 5 heterocycles. The van der Waals surface area contributed by atoms with E-state index >= 15 is 0 Å². The SMILES string of the molecule is [C-]#[N+]c1c(-n2c3ccccc3c3cc4c(cc32)c2ccccc2n4-c2ccccc2)c(C#N)c2c3c1-n1c4ccccc4c4cccc(c41)B3c1ccccc1N2c1ccccc1. The number of benzene rings is 9. The number of aromatic nitrogens is 3. The minimum Gasteiger partial charge on any atom is -0.320 e. The number of anilines is 3. The van der Waals surface area contributed by atoms with Crippen molar-refractivity contribution in [2.75, 3.05) is 4.90 Å². The molecule has 0 N–H and O–H groups in total. The highest BCUT2D eigenvalue weighted by atomic mass is 15.2. The lowest BCUT2D eigenvalue weighted by atomic mass is 9.33. The molecular formula is C56H31BN6. The Morgan fingerprint density at radius 1 is 0.444 bits per heavy atom. The smallest absolute Gasteiger partial charge is 0.250 e. The molecule has 0 radical (unpaired) electrons. The van der Waals surface area contributed by atoms with E-state index in [-0.39, 0.29) is 6.71 Å². The second-order valence-corrected chi connectivity index (χ2v) is 16.6. The molecule has 2 aliphatic rings. The van der Waals surface area contributed by atoms with Gasteiger partial charge < -0.3 is 18.6 Å². The van der Waals surface area contributed by atoms with Crippen LogP contribution < -0.4 is 21.3 Å². The van der Waals surface area contributed by atoms with Crippen LogP contribution in [0.5, 0.6) is 0 Å². The standard InChI is InChI=1S/C56H31BN6/c1-59-52-55(62-46-28-13-10-23-38(46)41-31-49-40(32-50(41)62)37-22-9-12-27-45(37)60(49)34-17-4-2-5-18-34)42(33-58)54-51-56(52)63-47-29-14-8-21-36(47)39-24-16-26-44(53(39)63)57(51)43-25-11-15-30-48(43)61(54)35-19-6-3-7-20-35/h2-32H. The molecule has 3 aromatic heterocycles. The van der Waals surface area contributed by atoms with Gasteiger partial charge >= 0.3 is 0 Å². The van der Waals surface area contributed by atoms with Crippen LogP contribution in [0, 0.1) is 17.9 Å². The number of fused-ring (bicyclic) bond motifs is 13. The van der Waals surface area contributed by atoms with Gasteiger partial charge in [-0.25, -0.2) is 4.85 Å². The summed E-state index contributed by atoms with van der Waals surface area (Å²) in [4.78, 5) is 6.86. The number of hydrogen-bond acceptors (Lipinski definition) is 2. The monoisotopic (exact) mass is 798 g/mol. The van der Waals surface area contributed by atoms with Crippen molar-refractivity contribution < 1.29 is 0 Å². The maximum absolute atomic E-state index is 11.9. The van der Waals surface area contributed by atoms with Gasteiger partial charge in [-0.1, -0.05) is 127 Å². The first kappa shape index (κ1) is 34.0. The van der Waals surface area contributed by atoms with E-state index in [0.29, 0.717) is 16.9 Å². The van der Waals surface area contributed by atoms with Crippen molar-refractivity contribution in [3.63, 3.8) is 0 Å². The molecule has 0 unspecified atom stereocenters. The molecule has 288 valence electrons. The van der Waals surface area contributed by atoms with E-state index in [2.05, 4.69) is 212 Å². The van der Waals surface area contributed by atoms with Crippen LogP contribution >= 0.6 is 0 Å². The zero-order chi connectivity index (χ0) is 41.5. The van der Waals surface area contributed by atoms with Crippen LogP contribution in [0.15, 0.2) is 188 Å². The normalized spacial score (nSPS) is 12.7. The molecule has 14 rings (SSSR count). The minimum absolute atomic E-state index is 0.227. The first-order valence-corrected chi connectivity index (χ1v) is 21.2. The van der Waals surface area contributed by atoms with E-state index < -0.39 is 0 Å². The average molecular weight is 799 g/mol. The van der Waals surface area contributed by atoms with Crippen molar-refractivity contribution in [2.45, 2.75) is 0 Å². The summed E-state index contributed by atoms with van der Waals surface area (Å²) >= 11 is 0. The molecule has 0 atom stereocenters. The molecule has 6 nitrogen and oxygen atoms in total. The van der Waals surface area contributed by atoms with E-state index in [1.54, 1.807) is 0 Å². The lowest BCUT2D eigenvalue weighted by molar-refractivity contribution is 1.13. The quantitative estimate of drug-likeness (QED) is 0.132. The molecule has 0 aliphatic carbocycles. The van der Waals surface area contributed by atoms with Crippen LogP contribution in [0.3, 0.4) is 0 Å². The van der Waals surface area contributed by atoms with Crippen LogP contribution in [0.25, 0.3) is 87.3 Å². The number of nitriles is 1. The van der Waals surface area contributed by atoms with Gasteiger partial charge in [0.15, 0.2) is 0 Å². The maximum Gasteiger partial charge on any atom is 0.250 e. The fourth-order valence-corrected chi connectivity index (χ4v) is 11.3. The van der Waals surface area contributed by atoms with Gasteiger partial charge in [-0.05, 0) is 77.1 Å². The Hall–Kier alpha value is -8.78. The third-order valence-corrected chi connectivity index (χ3v) is 13.6. The molecule has 63 heavy (non-hydrogen) atoms. The van der Waals surface area contributed by atoms with Crippen molar-refractivity contribution in [2.24, 2.45) is 0 Å². The number of hydrogen-bond donors (Lipinski definition) is 0. The summed E-state index contributed by atoms with van der Waals surface area (Å²) in [5.41, 5.74) is 15.7. The van der Waals surface area contributed by atoms with Crippen LogP contribution in [-0.4, -0.2) is 20.4 Å². The number of nitrogens with zero attached hydrogens (tertiary/aromatic N) is 6. The van der Waals surface area contributed by atoms with Gasteiger partial charge in [-0.2, -0.15) is 5.26 Å². The lowest BCUT2D eigenvalue weighted by Crippen LogP contribution is -2.60. The lowest BCUT2D eigenvalue weighted by Gasteiger charge is -2.42. The molecule has 0 amide bonds. The zero-order valence-electron chi connectivity index (χ0n) is 33.7. The Morgan fingerprint density at radius 3 is 1.63 bits per heavy atom. The van der Waals surface area contributed by atoms with Crippen molar-refractivity contribution in [1.29, 1.82) is 5.26 Å². The van der Waals surface area contributed by atoms with Gasteiger partial charge in [0, 0.05) is 54.9 Å². The Kier molecular flexibility index (Phi) is 6.69. The molecule has 0 saturated heterocycles. The highest BCUT2D eigenvalue weighted by Crippen LogP contribution is 2.51. The van der Waals surface area contributed by atoms with E-state index in [4.69, 9.17) is 0 Å². The Morgan fingerprint density at radius 2 is 0.968 bits per heavy atom. The van der Waals surface area contributed by atoms with E-state index in [9.17, 15) is 11.8 Å². The molecule has 12 aromatic rings. The van der Waals surface area contributed by atoms with Gasteiger partial charge in [-0.15, -0.1) is 0 Å². The Balaban J connectivity index is 1.22. The van der Waals surface area contributed by atoms with Gasteiger partial charge in [0.2, 0.25) is 5.69 Å². The molecule has 0 bridgehead atoms. The van der Waals surface area contributed by atoms with E-state index in [0.717, 1.165) is 105 Å². The summed E-state index contributed by atoms with van der Waals surface area (Å²) in [5, 5.41) is 18.5. The highest BCUT2D eigenvalue weighted by molar-refractivity contribution is 7.00. The van der Waals surface area contributed by atoms with Crippen molar-refractivity contribution >= 4 is 111 Å². The first-order chi connectivity index (χ1) is 31.2. The predicted octanol–water partition coefficient (Wildman–Crippen LogP) is 12.0. The van der Waals surface area contributed by atoms with Crippen LogP contribution in [0.2, 0.25) is 0 Å². The first-order valence-electron chi connectivity index (χ1n) is 21.2. The predicted molar refractivity (Wildman–Crippen MR) is 260 cm³/mol. The van der Waals surface area contributed by atoms with Gasteiger partial charge in [0.1, 0.15) is 6.07 Å². The zero-order valence-corrected chi connectivity index (χ0v) is 33.7. The molecule has 2 aliphatic heterocycles. The second kappa shape index (κ2) is 12.4. The summed E-state index contributed by atoms with van der Waals surface area (Å²) in [7, 11) is 0. The minimum atomic E-state index is -0.227. The maximum atomic E-state index is 11.9. The summed E-state index contributed by atoms with van der Waals surface area (Å²) in [6.45, 7) is 9.11. The molecular weight excluding hydrogens is 767 g/mol.